The second-order valence-corrected chi connectivity index (χ2v) is 5.22. The first-order chi connectivity index (χ1) is 10.2. The average molecular weight is 290 g/mol. The van der Waals surface area contributed by atoms with Crippen LogP contribution in [0, 0.1) is 6.92 Å². The predicted molar refractivity (Wildman–Crippen MR) is 73.6 cm³/mol. The van der Waals surface area contributed by atoms with Gasteiger partial charge in [0.15, 0.2) is 5.82 Å². The Labute approximate surface area is 122 Å². The molecule has 2 atom stereocenters. The van der Waals surface area contributed by atoms with Gasteiger partial charge in [0, 0.05) is 25.4 Å². The van der Waals surface area contributed by atoms with E-state index in [1.165, 1.54) is 0 Å². The van der Waals surface area contributed by atoms with Crippen LogP contribution in [0.5, 0.6) is 5.88 Å². The van der Waals surface area contributed by atoms with Crippen LogP contribution in [0.1, 0.15) is 29.7 Å². The molecule has 3 rings (SSSR count). The molecular formula is C14H18N4O3. The minimum Gasteiger partial charge on any atom is -0.481 e. The van der Waals surface area contributed by atoms with Crippen molar-refractivity contribution in [1.82, 2.24) is 20.0 Å². The third-order valence-electron chi connectivity index (χ3n) is 3.60. The molecule has 1 aliphatic heterocycles. The summed E-state index contributed by atoms with van der Waals surface area (Å²) in [5.41, 5.74) is 1.05. The standard InChI is InChI=1S/C14H18N4O3/c1-9-16-14(21-17-9)12-5-11(19)8-18(12)7-10-3-4-13(20-2)15-6-10/h3-4,6,11-12,19H,5,7-8H2,1-2H3/t11-,12-/m1/s1. The van der Waals surface area contributed by atoms with Crippen LogP contribution in [0.15, 0.2) is 22.9 Å². The number of likely N-dealkylation sites (tertiary alicyclic amines) is 1. The van der Waals surface area contributed by atoms with E-state index in [4.69, 9.17) is 9.26 Å². The number of ether oxygens (including phenoxy) is 1. The van der Waals surface area contributed by atoms with E-state index in [0.717, 1.165) is 5.56 Å². The molecule has 7 heteroatoms. The topological polar surface area (TPSA) is 84.5 Å². The van der Waals surface area contributed by atoms with Gasteiger partial charge in [-0.1, -0.05) is 11.2 Å². The van der Waals surface area contributed by atoms with Gasteiger partial charge in [-0.2, -0.15) is 4.98 Å². The Morgan fingerprint density at radius 2 is 2.33 bits per heavy atom. The Morgan fingerprint density at radius 1 is 1.48 bits per heavy atom. The maximum atomic E-state index is 9.93. The molecule has 0 radical (unpaired) electrons. The van der Waals surface area contributed by atoms with Gasteiger partial charge in [0.2, 0.25) is 11.8 Å². The van der Waals surface area contributed by atoms with E-state index in [1.807, 2.05) is 12.1 Å². The maximum absolute atomic E-state index is 9.93. The average Bonchev–Trinajstić information content (AvgIpc) is 3.06. The van der Waals surface area contributed by atoms with E-state index in [1.54, 1.807) is 20.2 Å². The summed E-state index contributed by atoms with van der Waals surface area (Å²) in [6.45, 7) is 3.04. The monoisotopic (exact) mass is 290 g/mol. The van der Waals surface area contributed by atoms with Gasteiger partial charge in [-0.3, -0.25) is 4.90 Å². The van der Waals surface area contributed by atoms with Crippen molar-refractivity contribution in [3.05, 3.63) is 35.6 Å². The van der Waals surface area contributed by atoms with Crippen LogP contribution in [-0.4, -0.2) is 44.9 Å². The zero-order valence-corrected chi connectivity index (χ0v) is 12.1. The first kappa shape index (κ1) is 14.0. The summed E-state index contributed by atoms with van der Waals surface area (Å²) in [6, 6.07) is 3.74. The van der Waals surface area contributed by atoms with Crippen molar-refractivity contribution >= 4 is 0 Å². The summed E-state index contributed by atoms with van der Waals surface area (Å²) >= 11 is 0. The Hall–Kier alpha value is -1.99. The highest BCUT2D eigenvalue weighted by Gasteiger charge is 2.35. The Kier molecular flexibility index (Phi) is 3.85. The molecule has 21 heavy (non-hydrogen) atoms. The molecule has 1 saturated heterocycles. The van der Waals surface area contributed by atoms with Gasteiger partial charge < -0.3 is 14.4 Å². The number of methoxy groups -OCH3 is 1. The second kappa shape index (κ2) is 5.79. The molecule has 0 unspecified atom stereocenters. The summed E-state index contributed by atoms with van der Waals surface area (Å²) in [5.74, 6) is 1.76. The number of aromatic nitrogens is 3. The van der Waals surface area contributed by atoms with Crippen LogP contribution in [-0.2, 0) is 6.54 Å². The highest BCUT2D eigenvalue weighted by atomic mass is 16.5. The van der Waals surface area contributed by atoms with Gasteiger partial charge in [-0.25, -0.2) is 4.98 Å². The number of hydrogen-bond acceptors (Lipinski definition) is 7. The van der Waals surface area contributed by atoms with Crippen molar-refractivity contribution in [3.63, 3.8) is 0 Å². The van der Waals surface area contributed by atoms with E-state index in [9.17, 15) is 5.11 Å². The first-order valence-electron chi connectivity index (χ1n) is 6.87. The van der Waals surface area contributed by atoms with Crippen LogP contribution >= 0.6 is 0 Å². The van der Waals surface area contributed by atoms with Gasteiger partial charge in [0.05, 0.1) is 19.3 Å². The molecule has 1 fully saturated rings. The molecule has 2 aromatic rings. The molecule has 2 aromatic heterocycles. The lowest BCUT2D eigenvalue weighted by molar-refractivity contribution is 0.169. The maximum Gasteiger partial charge on any atom is 0.244 e. The molecular weight excluding hydrogens is 272 g/mol. The van der Waals surface area contributed by atoms with Gasteiger partial charge >= 0.3 is 0 Å². The lowest BCUT2D eigenvalue weighted by Crippen LogP contribution is -2.24. The zero-order chi connectivity index (χ0) is 14.8. The van der Waals surface area contributed by atoms with E-state index < -0.39 is 0 Å². The third-order valence-corrected chi connectivity index (χ3v) is 3.60. The van der Waals surface area contributed by atoms with Crippen LogP contribution in [0.4, 0.5) is 0 Å². The summed E-state index contributed by atoms with van der Waals surface area (Å²) < 4.78 is 10.3. The SMILES string of the molecule is COc1ccc(CN2C[C@H](O)C[C@@H]2c2nc(C)no2)cn1. The van der Waals surface area contributed by atoms with E-state index in [0.29, 0.717) is 37.1 Å². The summed E-state index contributed by atoms with van der Waals surface area (Å²) in [4.78, 5) is 10.6. The molecule has 7 nitrogen and oxygen atoms in total. The second-order valence-electron chi connectivity index (χ2n) is 5.22. The zero-order valence-electron chi connectivity index (χ0n) is 12.1. The number of hydrogen-bond donors (Lipinski definition) is 1. The normalized spacial score (nSPS) is 22.6. The lowest BCUT2D eigenvalue weighted by atomic mass is 10.2. The van der Waals surface area contributed by atoms with Gasteiger partial charge in [-0.05, 0) is 18.9 Å². The van der Waals surface area contributed by atoms with Crippen LogP contribution in [0.2, 0.25) is 0 Å². The number of pyridine rings is 1. The smallest absolute Gasteiger partial charge is 0.244 e. The molecule has 0 bridgehead atoms. The van der Waals surface area contributed by atoms with Crippen LogP contribution < -0.4 is 4.74 Å². The Morgan fingerprint density at radius 3 is 2.95 bits per heavy atom. The largest absolute Gasteiger partial charge is 0.481 e. The van der Waals surface area contributed by atoms with Gasteiger partial charge in [0.1, 0.15) is 0 Å². The minimum absolute atomic E-state index is 0.0525. The number of aliphatic hydroxyl groups excluding tert-OH is 1. The third kappa shape index (κ3) is 3.03. The quantitative estimate of drug-likeness (QED) is 0.902. The van der Waals surface area contributed by atoms with Crippen molar-refractivity contribution < 1.29 is 14.4 Å². The number of aryl methyl sites for hydroxylation is 1. The summed E-state index contributed by atoms with van der Waals surface area (Å²) in [5, 5.41) is 13.8. The van der Waals surface area contributed by atoms with E-state index >= 15 is 0 Å². The predicted octanol–water partition coefficient (Wildman–Crippen LogP) is 1.09. The fourth-order valence-electron chi connectivity index (χ4n) is 2.62. The van der Waals surface area contributed by atoms with Crippen LogP contribution in [0.25, 0.3) is 0 Å². The minimum atomic E-state index is -0.381. The van der Waals surface area contributed by atoms with Crippen molar-refractivity contribution in [2.24, 2.45) is 0 Å². The molecule has 0 spiro atoms. The van der Waals surface area contributed by atoms with Gasteiger partial charge in [0.25, 0.3) is 0 Å². The molecule has 0 saturated carbocycles. The number of β-amino-alcohol motifs (C(OH)–C–C–N with tert-alkyl or cyclic N) is 1. The molecule has 112 valence electrons. The number of nitrogens with zero attached hydrogens (tertiary/aromatic N) is 4. The Balaban J connectivity index is 1.75. The van der Waals surface area contributed by atoms with Crippen molar-refractivity contribution in [1.29, 1.82) is 0 Å². The lowest BCUT2D eigenvalue weighted by Gasteiger charge is -2.21. The van der Waals surface area contributed by atoms with E-state index in [2.05, 4.69) is 20.0 Å². The highest BCUT2D eigenvalue weighted by Crippen LogP contribution is 2.32. The first-order valence-corrected chi connectivity index (χ1v) is 6.87. The van der Waals surface area contributed by atoms with Gasteiger partial charge in [-0.15, -0.1) is 0 Å². The number of aliphatic hydroxyl groups is 1. The molecule has 1 N–H and O–H groups in total. The fraction of sp³-hybridized carbons (Fsp3) is 0.500. The fourth-order valence-corrected chi connectivity index (χ4v) is 2.62. The summed E-state index contributed by atoms with van der Waals surface area (Å²) in [7, 11) is 1.59. The summed E-state index contributed by atoms with van der Waals surface area (Å²) in [6.07, 6.45) is 2.00. The molecule has 0 aromatic carbocycles. The Bertz CT molecular complexity index is 599. The number of rotatable bonds is 4. The highest BCUT2D eigenvalue weighted by molar-refractivity contribution is 5.18. The van der Waals surface area contributed by atoms with Crippen molar-refractivity contribution in [2.45, 2.75) is 32.0 Å². The van der Waals surface area contributed by atoms with Crippen molar-refractivity contribution in [2.75, 3.05) is 13.7 Å². The van der Waals surface area contributed by atoms with Crippen molar-refractivity contribution in [3.8, 4) is 5.88 Å². The molecule has 3 heterocycles. The molecule has 0 amide bonds. The van der Waals surface area contributed by atoms with E-state index in [-0.39, 0.29) is 12.1 Å². The van der Waals surface area contributed by atoms with Crippen LogP contribution in [0.3, 0.4) is 0 Å². The molecule has 0 aliphatic carbocycles. The molecule has 1 aliphatic rings.